The molecule has 0 aromatic rings. The smallest absolute Gasteiger partial charge is 0.134 e. The number of amidine groups is 1. The van der Waals surface area contributed by atoms with E-state index in [0.29, 0.717) is 6.04 Å². The van der Waals surface area contributed by atoms with E-state index < -0.39 is 0 Å². The SMILES string of the molecule is C[C@H]1CN2C=NC(N3CCNCC3)=CC2=N1. The molecule has 5 heteroatoms. The van der Waals surface area contributed by atoms with Crippen LogP contribution in [-0.4, -0.2) is 60.7 Å². The van der Waals surface area contributed by atoms with Crippen LogP contribution in [-0.2, 0) is 0 Å². The van der Waals surface area contributed by atoms with Gasteiger partial charge in [-0.1, -0.05) is 0 Å². The molecule has 1 fully saturated rings. The summed E-state index contributed by atoms with van der Waals surface area (Å²) in [7, 11) is 0. The molecule has 0 aromatic heterocycles. The van der Waals surface area contributed by atoms with Crippen LogP contribution in [0.5, 0.6) is 0 Å². The maximum atomic E-state index is 4.59. The Balaban J connectivity index is 1.79. The molecule has 0 aromatic carbocycles. The van der Waals surface area contributed by atoms with Gasteiger partial charge in [0.15, 0.2) is 0 Å². The predicted molar refractivity (Wildman–Crippen MR) is 64.6 cm³/mol. The van der Waals surface area contributed by atoms with Crippen LogP contribution in [0, 0.1) is 0 Å². The van der Waals surface area contributed by atoms with E-state index in [0.717, 1.165) is 44.4 Å². The van der Waals surface area contributed by atoms with Crippen molar-refractivity contribution >= 4 is 12.2 Å². The van der Waals surface area contributed by atoms with Crippen molar-refractivity contribution in [2.45, 2.75) is 13.0 Å². The normalized spacial score (nSPS) is 28.9. The highest BCUT2D eigenvalue weighted by Gasteiger charge is 2.24. The van der Waals surface area contributed by atoms with Gasteiger partial charge in [-0.3, -0.25) is 4.99 Å². The van der Waals surface area contributed by atoms with Crippen molar-refractivity contribution in [3.05, 3.63) is 11.9 Å². The highest BCUT2D eigenvalue weighted by Crippen LogP contribution is 2.17. The molecule has 0 unspecified atom stereocenters. The van der Waals surface area contributed by atoms with E-state index >= 15 is 0 Å². The first-order valence-corrected chi connectivity index (χ1v) is 5.89. The van der Waals surface area contributed by atoms with Crippen molar-refractivity contribution in [1.29, 1.82) is 0 Å². The van der Waals surface area contributed by atoms with Crippen LogP contribution in [0.1, 0.15) is 6.92 Å². The van der Waals surface area contributed by atoms with Gasteiger partial charge in [0, 0.05) is 38.8 Å². The molecular weight excluding hydrogens is 202 g/mol. The fourth-order valence-corrected chi connectivity index (χ4v) is 2.29. The summed E-state index contributed by atoms with van der Waals surface area (Å²) in [6.07, 6.45) is 4.02. The lowest BCUT2D eigenvalue weighted by atomic mass is 10.3. The van der Waals surface area contributed by atoms with Gasteiger partial charge in [-0.25, -0.2) is 4.99 Å². The number of nitrogens with one attached hydrogen (secondary N) is 1. The van der Waals surface area contributed by atoms with E-state index in [4.69, 9.17) is 0 Å². The molecule has 3 heterocycles. The van der Waals surface area contributed by atoms with Crippen molar-refractivity contribution in [3.63, 3.8) is 0 Å². The Morgan fingerprint density at radius 3 is 3.00 bits per heavy atom. The highest BCUT2D eigenvalue weighted by atomic mass is 15.3. The van der Waals surface area contributed by atoms with E-state index in [1.807, 2.05) is 6.34 Å². The Kier molecular flexibility index (Phi) is 2.40. The minimum atomic E-state index is 0.389. The number of aliphatic imine (C=N–C) groups is 2. The molecule has 3 rings (SSSR count). The van der Waals surface area contributed by atoms with Crippen LogP contribution in [0.3, 0.4) is 0 Å². The molecule has 3 aliphatic heterocycles. The van der Waals surface area contributed by atoms with E-state index in [2.05, 4.69) is 38.1 Å². The summed E-state index contributed by atoms with van der Waals surface area (Å²) in [4.78, 5) is 13.5. The summed E-state index contributed by atoms with van der Waals surface area (Å²) in [5.74, 6) is 2.13. The van der Waals surface area contributed by atoms with Gasteiger partial charge in [0.05, 0.1) is 12.4 Å². The predicted octanol–water partition coefficient (Wildman–Crippen LogP) is -0.122. The molecule has 86 valence electrons. The van der Waals surface area contributed by atoms with Gasteiger partial charge in [-0.15, -0.1) is 0 Å². The number of rotatable bonds is 1. The van der Waals surface area contributed by atoms with Crippen LogP contribution >= 0.6 is 0 Å². The molecule has 0 aliphatic carbocycles. The number of hydrogen-bond acceptors (Lipinski definition) is 5. The molecule has 5 nitrogen and oxygen atoms in total. The quantitative estimate of drug-likeness (QED) is 0.668. The second-order valence-corrected chi connectivity index (χ2v) is 4.47. The lowest BCUT2D eigenvalue weighted by Crippen LogP contribution is -2.43. The summed E-state index contributed by atoms with van der Waals surface area (Å²) in [5.41, 5.74) is 0. The van der Waals surface area contributed by atoms with Crippen LogP contribution in [0.15, 0.2) is 21.9 Å². The van der Waals surface area contributed by atoms with Gasteiger partial charge in [-0.05, 0) is 6.92 Å². The molecule has 1 saturated heterocycles. The Bertz CT molecular complexity index is 365. The first-order chi connectivity index (χ1) is 7.83. The van der Waals surface area contributed by atoms with Gasteiger partial charge >= 0.3 is 0 Å². The number of nitrogens with zero attached hydrogens (tertiary/aromatic N) is 4. The third-order valence-electron chi connectivity index (χ3n) is 3.14. The second kappa shape index (κ2) is 3.90. The monoisotopic (exact) mass is 219 g/mol. The molecule has 0 saturated carbocycles. The van der Waals surface area contributed by atoms with Gasteiger partial charge in [0.25, 0.3) is 0 Å². The summed E-state index contributed by atoms with van der Waals surface area (Å²) >= 11 is 0. The van der Waals surface area contributed by atoms with Crippen molar-refractivity contribution < 1.29 is 0 Å². The van der Waals surface area contributed by atoms with E-state index in [-0.39, 0.29) is 0 Å². The summed E-state index contributed by atoms with van der Waals surface area (Å²) < 4.78 is 0. The Labute approximate surface area is 95.5 Å². The standard InChI is InChI=1S/C11H17N5/c1-9-7-16-8-13-10(6-11(16)14-9)15-4-2-12-3-5-15/h6,8-9,12H,2-5,7H2,1H3/t9-/m0/s1. The first-order valence-electron chi connectivity index (χ1n) is 5.89. The molecule has 1 N–H and O–H groups in total. The third kappa shape index (κ3) is 1.71. The van der Waals surface area contributed by atoms with Crippen LogP contribution in [0.4, 0.5) is 0 Å². The first kappa shape index (κ1) is 9.84. The van der Waals surface area contributed by atoms with Crippen molar-refractivity contribution in [1.82, 2.24) is 15.1 Å². The molecule has 16 heavy (non-hydrogen) atoms. The Morgan fingerprint density at radius 2 is 2.19 bits per heavy atom. The number of hydrogen-bond donors (Lipinski definition) is 1. The van der Waals surface area contributed by atoms with Crippen LogP contribution < -0.4 is 5.32 Å². The topological polar surface area (TPSA) is 43.2 Å². The number of fused-ring (bicyclic) bond motifs is 1. The third-order valence-corrected chi connectivity index (χ3v) is 3.14. The molecule has 3 aliphatic rings. The second-order valence-electron chi connectivity index (χ2n) is 4.47. The minimum Gasteiger partial charge on any atom is -0.354 e. The van der Waals surface area contributed by atoms with Crippen molar-refractivity contribution in [2.24, 2.45) is 9.98 Å². The van der Waals surface area contributed by atoms with Gasteiger partial charge in [-0.2, -0.15) is 0 Å². The van der Waals surface area contributed by atoms with Crippen LogP contribution in [0.25, 0.3) is 0 Å². The molecule has 1 atom stereocenters. The molecule has 0 bridgehead atoms. The maximum Gasteiger partial charge on any atom is 0.134 e. The fraction of sp³-hybridized carbons (Fsp3) is 0.636. The average Bonchev–Trinajstić information content (AvgIpc) is 2.69. The summed E-state index contributed by atoms with van der Waals surface area (Å²) in [6.45, 7) is 7.25. The van der Waals surface area contributed by atoms with Gasteiger partial charge < -0.3 is 15.1 Å². The van der Waals surface area contributed by atoms with Crippen LogP contribution in [0.2, 0.25) is 0 Å². The maximum absolute atomic E-state index is 4.59. The molecule has 0 amide bonds. The van der Waals surface area contributed by atoms with E-state index in [1.54, 1.807) is 0 Å². The molecule has 0 spiro atoms. The van der Waals surface area contributed by atoms with E-state index in [1.165, 1.54) is 0 Å². The lowest BCUT2D eigenvalue weighted by molar-refractivity contribution is 0.296. The Hall–Kier alpha value is -1.36. The minimum absolute atomic E-state index is 0.389. The zero-order valence-corrected chi connectivity index (χ0v) is 9.56. The Morgan fingerprint density at radius 1 is 1.38 bits per heavy atom. The fourth-order valence-electron chi connectivity index (χ4n) is 2.29. The average molecular weight is 219 g/mol. The lowest BCUT2D eigenvalue weighted by Gasteiger charge is -2.31. The van der Waals surface area contributed by atoms with E-state index in [9.17, 15) is 0 Å². The summed E-state index contributed by atoms with van der Waals surface area (Å²) in [5, 5.41) is 3.35. The van der Waals surface area contributed by atoms with Crippen molar-refractivity contribution in [3.8, 4) is 0 Å². The molecular formula is C11H17N5. The van der Waals surface area contributed by atoms with Crippen molar-refractivity contribution in [2.75, 3.05) is 32.7 Å². The zero-order valence-electron chi connectivity index (χ0n) is 9.56. The zero-order chi connectivity index (χ0) is 11.0. The van der Waals surface area contributed by atoms with Gasteiger partial charge in [0.1, 0.15) is 11.7 Å². The van der Waals surface area contributed by atoms with Gasteiger partial charge in [0.2, 0.25) is 0 Å². The molecule has 0 radical (unpaired) electrons. The summed E-state index contributed by atoms with van der Waals surface area (Å²) in [6, 6.07) is 0.389. The number of piperazine rings is 1. The highest BCUT2D eigenvalue weighted by molar-refractivity contribution is 6.03. The largest absolute Gasteiger partial charge is 0.354 e.